The Bertz CT molecular complexity index is 2150. The number of anilines is 3. The molecule has 0 saturated carbocycles. The smallest absolute Gasteiger partial charge is 0.340 e. The van der Waals surface area contributed by atoms with Gasteiger partial charge in [-0.3, -0.25) is 4.57 Å². The monoisotopic (exact) mass is 649 g/mol. The lowest BCUT2D eigenvalue weighted by molar-refractivity contribution is 0.0527. The van der Waals surface area contributed by atoms with Crippen molar-refractivity contribution >= 4 is 40.9 Å². The van der Waals surface area contributed by atoms with Gasteiger partial charge in [-0.05, 0) is 98.1 Å². The highest BCUT2D eigenvalue weighted by molar-refractivity contribution is 5.94. The number of oxazole rings is 1. The Morgan fingerprint density at radius 3 is 2.02 bits per heavy atom. The van der Waals surface area contributed by atoms with E-state index in [4.69, 9.17) is 18.9 Å². The predicted molar refractivity (Wildman–Crippen MR) is 195 cm³/mol. The first-order valence-corrected chi connectivity index (χ1v) is 16.4. The highest BCUT2D eigenvalue weighted by atomic mass is 16.5. The number of aryl methyl sites for hydroxylation is 1. The van der Waals surface area contributed by atoms with E-state index >= 15 is 0 Å². The van der Waals surface area contributed by atoms with Gasteiger partial charge < -0.3 is 18.8 Å². The van der Waals surface area contributed by atoms with E-state index in [0.717, 1.165) is 45.7 Å². The zero-order valence-corrected chi connectivity index (χ0v) is 28.0. The standard InChI is InChI=1S/C42H39N3O4/c1-4-39-40(30-32-20-24-35(25-21-32)45(33-14-8-6-9-15-33)34-16-10-7-11-17-34)49-42(43-38-19-13-12-18-37(38)41(46)48-5-2)44(39)29-28-31-22-26-36(47-3)27-23-31/h4,6-27,30H,5,28-29H2,1-3H3/b39-4?,40-30+,43-42-. The van der Waals surface area contributed by atoms with Crippen LogP contribution in [-0.4, -0.2) is 24.3 Å². The summed E-state index contributed by atoms with van der Waals surface area (Å²) in [4.78, 5) is 19.9. The zero-order chi connectivity index (χ0) is 34.0. The van der Waals surface area contributed by atoms with Crippen LogP contribution in [0.2, 0.25) is 0 Å². The molecule has 0 atom stereocenters. The Hall–Kier alpha value is -6.08. The zero-order valence-electron chi connectivity index (χ0n) is 28.0. The third-order valence-electron chi connectivity index (χ3n) is 8.13. The maximum atomic E-state index is 12.8. The van der Waals surface area contributed by atoms with Crippen molar-refractivity contribution in [3.8, 4) is 5.75 Å². The fourth-order valence-electron chi connectivity index (χ4n) is 5.70. The number of rotatable bonds is 11. The largest absolute Gasteiger partial charge is 0.497 e. The number of para-hydroxylation sites is 3. The number of ether oxygens (including phenoxy) is 2. The minimum absolute atomic E-state index is 0.275. The lowest BCUT2D eigenvalue weighted by Gasteiger charge is -2.25. The fraction of sp³-hybridized carbons (Fsp3) is 0.143. The molecule has 0 unspecified atom stereocenters. The van der Waals surface area contributed by atoms with Gasteiger partial charge in [-0.2, -0.15) is 4.99 Å². The highest BCUT2D eigenvalue weighted by Gasteiger charge is 2.14. The normalized spacial score (nSPS) is 12.3. The second kappa shape index (κ2) is 15.7. The molecule has 0 aliphatic carbocycles. The lowest BCUT2D eigenvalue weighted by atomic mass is 10.1. The molecular formula is C42H39N3O4. The number of esters is 1. The summed E-state index contributed by atoms with van der Waals surface area (Å²) in [5, 5.41) is 0.889. The summed E-state index contributed by atoms with van der Waals surface area (Å²) in [6.45, 7) is 4.65. The van der Waals surface area contributed by atoms with Gasteiger partial charge in [0.1, 0.15) is 5.75 Å². The fourth-order valence-corrected chi connectivity index (χ4v) is 5.70. The van der Waals surface area contributed by atoms with E-state index in [9.17, 15) is 4.79 Å². The molecule has 7 nitrogen and oxygen atoms in total. The van der Waals surface area contributed by atoms with E-state index in [-0.39, 0.29) is 6.61 Å². The molecule has 0 aliphatic heterocycles. The molecule has 0 spiro atoms. The molecule has 5 aromatic carbocycles. The van der Waals surface area contributed by atoms with Crippen molar-refractivity contribution in [2.45, 2.75) is 26.8 Å². The van der Waals surface area contributed by atoms with Crippen LogP contribution >= 0.6 is 0 Å². The first kappa shape index (κ1) is 32.8. The van der Waals surface area contributed by atoms with Crippen molar-refractivity contribution in [2.75, 3.05) is 18.6 Å². The van der Waals surface area contributed by atoms with Crippen LogP contribution in [0, 0.1) is 0 Å². The summed E-state index contributed by atoms with van der Waals surface area (Å²) in [7, 11) is 1.66. The van der Waals surface area contributed by atoms with Crippen LogP contribution in [0.5, 0.6) is 5.75 Å². The van der Waals surface area contributed by atoms with Crippen molar-refractivity contribution in [1.29, 1.82) is 0 Å². The number of hydrogen-bond acceptors (Lipinski definition) is 6. The maximum Gasteiger partial charge on any atom is 0.340 e. The van der Waals surface area contributed by atoms with Gasteiger partial charge in [0.05, 0.1) is 30.3 Å². The van der Waals surface area contributed by atoms with Crippen LogP contribution in [0.4, 0.5) is 22.7 Å². The van der Waals surface area contributed by atoms with Crippen molar-refractivity contribution in [3.05, 3.63) is 167 Å². The number of carbonyl (C=O) groups is 1. The second-order valence-corrected chi connectivity index (χ2v) is 11.3. The Kier molecular flexibility index (Phi) is 10.5. The van der Waals surface area contributed by atoms with E-state index in [1.165, 1.54) is 0 Å². The Morgan fingerprint density at radius 1 is 0.796 bits per heavy atom. The lowest BCUT2D eigenvalue weighted by Crippen LogP contribution is -2.33. The number of methoxy groups -OCH3 is 1. The third kappa shape index (κ3) is 7.74. The molecule has 0 aliphatic rings. The van der Waals surface area contributed by atoms with Crippen LogP contribution in [0.25, 0.3) is 12.2 Å². The maximum absolute atomic E-state index is 12.8. The molecule has 6 aromatic rings. The molecule has 0 radical (unpaired) electrons. The van der Waals surface area contributed by atoms with Crippen molar-refractivity contribution in [3.63, 3.8) is 0 Å². The molecule has 49 heavy (non-hydrogen) atoms. The summed E-state index contributed by atoms with van der Waals surface area (Å²) >= 11 is 0. The van der Waals surface area contributed by atoms with Gasteiger partial charge in [-0.1, -0.05) is 78.9 Å². The van der Waals surface area contributed by atoms with Crippen LogP contribution in [0.3, 0.4) is 0 Å². The van der Waals surface area contributed by atoms with Gasteiger partial charge in [0.15, 0.2) is 5.42 Å². The van der Waals surface area contributed by atoms with E-state index in [1.807, 2.05) is 73.7 Å². The van der Waals surface area contributed by atoms with Crippen LogP contribution in [-0.2, 0) is 17.7 Å². The quantitative estimate of drug-likeness (QED) is 0.134. The molecule has 0 saturated heterocycles. The number of carbonyl (C=O) groups excluding carboxylic acids is 1. The average molecular weight is 650 g/mol. The molecular weight excluding hydrogens is 610 g/mol. The summed E-state index contributed by atoms with van der Waals surface area (Å²) in [6, 6.07) is 44.3. The molecule has 0 N–H and O–H groups in total. The minimum Gasteiger partial charge on any atom is -0.497 e. The molecule has 1 heterocycles. The van der Waals surface area contributed by atoms with Crippen molar-refractivity contribution in [1.82, 2.24) is 4.57 Å². The van der Waals surface area contributed by atoms with E-state index in [1.54, 1.807) is 32.2 Å². The topological polar surface area (TPSA) is 69.2 Å². The summed E-state index contributed by atoms with van der Waals surface area (Å²) < 4.78 is 19.2. The molecule has 0 fully saturated rings. The SMILES string of the molecule is CC=c1/c(=C\c2ccc(N(c3ccccc3)c3ccccc3)cc2)o/c(=N\c2ccccc2C(=O)OCC)n1CCc1ccc(OC)cc1. The summed E-state index contributed by atoms with van der Waals surface area (Å²) in [6.07, 6.45) is 4.79. The molecule has 0 amide bonds. The summed E-state index contributed by atoms with van der Waals surface area (Å²) in [5.41, 5.74) is 7.23. The number of benzene rings is 5. The third-order valence-corrected chi connectivity index (χ3v) is 8.13. The minimum atomic E-state index is -0.424. The van der Waals surface area contributed by atoms with Gasteiger partial charge in [-0.25, -0.2) is 4.79 Å². The Labute approximate surface area is 286 Å². The highest BCUT2D eigenvalue weighted by Crippen LogP contribution is 2.34. The Morgan fingerprint density at radius 2 is 1.41 bits per heavy atom. The molecule has 246 valence electrons. The van der Waals surface area contributed by atoms with Crippen LogP contribution in [0.1, 0.15) is 35.3 Å². The predicted octanol–water partition coefficient (Wildman–Crippen LogP) is 7.84. The first-order chi connectivity index (χ1) is 24.1. The summed E-state index contributed by atoms with van der Waals surface area (Å²) in [5.74, 6) is 0.388. The number of aromatic nitrogens is 1. The van der Waals surface area contributed by atoms with Gasteiger partial charge in [0, 0.05) is 23.6 Å². The van der Waals surface area contributed by atoms with Crippen molar-refractivity contribution < 1.29 is 18.7 Å². The molecule has 7 heteroatoms. The Balaban J connectivity index is 1.43. The van der Waals surface area contributed by atoms with E-state index in [2.05, 4.69) is 70.1 Å². The van der Waals surface area contributed by atoms with Crippen LogP contribution < -0.4 is 26.1 Å². The molecule has 1 aromatic heterocycles. The average Bonchev–Trinajstić information content (AvgIpc) is 3.47. The van der Waals surface area contributed by atoms with Gasteiger partial charge in [-0.15, -0.1) is 0 Å². The number of hydrogen-bond donors (Lipinski definition) is 0. The van der Waals surface area contributed by atoms with Gasteiger partial charge in [0.25, 0.3) is 0 Å². The molecule has 6 rings (SSSR count). The van der Waals surface area contributed by atoms with Gasteiger partial charge >= 0.3 is 11.7 Å². The van der Waals surface area contributed by atoms with E-state index < -0.39 is 5.97 Å². The van der Waals surface area contributed by atoms with Crippen molar-refractivity contribution in [2.24, 2.45) is 4.99 Å². The van der Waals surface area contributed by atoms with Crippen LogP contribution in [0.15, 0.2) is 143 Å². The second-order valence-electron chi connectivity index (χ2n) is 11.3. The van der Waals surface area contributed by atoms with Gasteiger partial charge in [0.2, 0.25) is 0 Å². The number of nitrogens with zero attached hydrogens (tertiary/aromatic N) is 3. The first-order valence-electron chi connectivity index (χ1n) is 16.4. The van der Waals surface area contributed by atoms with E-state index in [0.29, 0.717) is 28.9 Å². The molecule has 0 bridgehead atoms.